The van der Waals surface area contributed by atoms with Crippen LogP contribution in [-0.4, -0.2) is 20.7 Å². The minimum Gasteiger partial charge on any atom is -0.325 e. The number of anilines is 1. The van der Waals surface area contributed by atoms with E-state index in [0.717, 1.165) is 29.5 Å². The number of aromatic nitrogens is 2. The molecule has 2 aromatic rings. The highest BCUT2D eigenvalue weighted by molar-refractivity contribution is 8.00. The summed E-state index contributed by atoms with van der Waals surface area (Å²) in [4.78, 5) is 17.5. The van der Waals surface area contributed by atoms with Crippen molar-refractivity contribution in [1.82, 2.24) is 9.55 Å². The van der Waals surface area contributed by atoms with Gasteiger partial charge < -0.3 is 9.88 Å². The number of nitrogens with zero attached hydrogens (tertiary/aromatic N) is 2. The Morgan fingerprint density at radius 2 is 1.85 bits per heavy atom. The molecule has 1 amide bonds. The molecule has 0 bridgehead atoms. The number of hydrogen-bond acceptors (Lipinski definition) is 3. The number of carbonyl (C=O) groups is 1. The van der Waals surface area contributed by atoms with Crippen LogP contribution >= 0.6 is 11.8 Å². The second kappa shape index (κ2) is 9.45. The number of benzene rings is 1. The van der Waals surface area contributed by atoms with Crippen LogP contribution in [-0.2, 0) is 11.3 Å². The van der Waals surface area contributed by atoms with Gasteiger partial charge in [0.15, 0.2) is 5.16 Å². The molecule has 27 heavy (non-hydrogen) atoms. The van der Waals surface area contributed by atoms with Crippen molar-refractivity contribution >= 4 is 23.4 Å². The van der Waals surface area contributed by atoms with E-state index in [1.165, 1.54) is 23.0 Å². The van der Waals surface area contributed by atoms with E-state index in [1.807, 2.05) is 32.0 Å². The summed E-state index contributed by atoms with van der Waals surface area (Å²) in [6.45, 7) is 15.8. The maximum absolute atomic E-state index is 12.8. The van der Waals surface area contributed by atoms with Gasteiger partial charge in [0.25, 0.3) is 0 Å². The molecular weight excluding hydrogens is 354 g/mol. The van der Waals surface area contributed by atoms with E-state index in [1.54, 1.807) is 0 Å². The summed E-state index contributed by atoms with van der Waals surface area (Å²) in [6, 6.07) is 8.10. The van der Waals surface area contributed by atoms with E-state index < -0.39 is 0 Å². The molecule has 4 nitrogen and oxygen atoms in total. The molecule has 0 aliphatic rings. The van der Waals surface area contributed by atoms with Crippen LogP contribution in [0.4, 0.5) is 5.69 Å². The van der Waals surface area contributed by atoms with E-state index in [0.29, 0.717) is 11.8 Å². The lowest BCUT2D eigenvalue weighted by atomic mass is 9.97. The fourth-order valence-electron chi connectivity index (χ4n) is 3.00. The Kier molecular flexibility index (Phi) is 7.54. The number of carbonyl (C=O) groups excluding carboxylic acids is 1. The zero-order valence-corrected chi connectivity index (χ0v) is 18.5. The van der Waals surface area contributed by atoms with Gasteiger partial charge in [-0.25, -0.2) is 4.98 Å². The van der Waals surface area contributed by atoms with E-state index in [9.17, 15) is 4.79 Å². The zero-order valence-electron chi connectivity index (χ0n) is 17.7. The summed E-state index contributed by atoms with van der Waals surface area (Å²) in [6.07, 6.45) is 1.04. The van der Waals surface area contributed by atoms with Gasteiger partial charge in [0.2, 0.25) is 5.91 Å². The first-order chi connectivity index (χ1) is 12.7. The van der Waals surface area contributed by atoms with E-state index >= 15 is 0 Å². The molecule has 0 saturated carbocycles. The highest BCUT2D eigenvalue weighted by atomic mass is 32.2. The Morgan fingerprint density at radius 1 is 1.19 bits per heavy atom. The Labute approximate surface area is 168 Å². The van der Waals surface area contributed by atoms with Crippen LogP contribution in [0.3, 0.4) is 0 Å². The predicted molar refractivity (Wildman–Crippen MR) is 116 cm³/mol. The molecule has 2 atom stereocenters. The molecule has 148 valence electrons. The van der Waals surface area contributed by atoms with Crippen molar-refractivity contribution in [2.45, 2.75) is 77.8 Å². The third-order valence-electron chi connectivity index (χ3n) is 4.98. The topological polar surface area (TPSA) is 46.9 Å². The molecule has 1 aromatic heterocycles. The number of amides is 1. The number of rotatable bonds is 8. The Bertz CT molecular complexity index is 782. The molecule has 0 saturated heterocycles. The number of hydrogen-bond donors (Lipinski definition) is 1. The van der Waals surface area contributed by atoms with Crippen LogP contribution in [0.2, 0.25) is 0 Å². The van der Waals surface area contributed by atoms with Gasteiger partial charge in [-0.3, -0.25) is 4.79 Å². The number of nitrogens with one attached hydrogen (secondary N) is 1. The SMILES string of the molecule is CCC(C)c1ccccc1NC(=O)C(C)Sc1nc(C)c(C)n1CC(C)C. The molecule has 0 aliphatic heterocycles. The monoisotopic (exact) mass is 387 g/mol. The van der Waals surface area contributed by atoms with Crippen LogP contribution in [0.25, 0.3) is 0 Å². The summed E-state index contributed by atoms with van der Waals surface area (Å²) in [5, 5.41) is 3.84. The van der Waals surface area contributed by atoms with Crippen LogP contribution in [0.5, 0.6) is 0 Å². The third-order valence-corrected chi connectivity index (χ3v) is 6.07. The fourth-order valence-corrected chi connectivity index (χ4v) is 4.01. The number of thioether (sulfide) groups is 1. The lowest BCUT2D eigenvalue weighted by Crippen LogP contribution is -2.24. The van der Waals surface area contributed by atoms with Crippen LogP contribution in [0, 0.1) is 19.8 Å². The lowest BCUT2D eigenvalue weighted by Gasteiger charge is -2.18. The van der Waals surface area contributed by atoms with Gasteiger partial charge in [-0.1, -0.05) is 57.7 Å². The maximum Gasteiger partial charge on any atom is 0.237 e. The average molecular weight is 388 g/mol. The quantitative estimate of drug-likeness (QED) is 0.583. The molecule has 0 spiro atoms. The fraction of sp³-hybridized carbons (Fsp3) is 0.545. The molecule has 0 aliphatic carbocycles. The predicted octanol–water partition coefficient (Wildman–Crippen LogP) is 5.79. The van der Waals surface area contributed by atoms with Crippen LogP contribution < -0.4 is 5.32 Å². The van der Waals surface area contributed by atoms with Crippen molar-refractivity contribution in [1.29, 1.82) is 0 Å². The minimum atomic E-state index is -0.220. The molecule has 2 rings (SSSR count). The first-order valence-electron chi connectivity index (χ1n) is 9.84. The standard InChI is InChI=1S/C22H33N3OS/c1-8-15(4)19-11-9-10-12-20(19)24-21(26)18(7)27-22-23-16(5)17(6)25(22)13-14(2)3/h9-12,14-15,18H,8,13H2,1-7H3,(H,24,26). The van der Waals surface area contributed by atoms with Crippen LogP contribution in [0.1, 0.15) is 63.9 Å². The van der Waals surface area contributed by atoms with Gasteiger partial charge in [-0.05, 0) is 50.7 Å². The lowest BCUT2D eigenvalue weighted by molar-refractivity contribution is -0.115. The maximum atomic E-state index is 12.8. The molecule has 2 unspecified atom stereocenters. The van der Waals surface area contributed by atoms with Gasteiger partial charge in [0.05, 0.1) is 10.9 Å². The molecule has 0 fully saturated rings. The summed E-state index contributed by atoms with van der Waals surface area (Å²) in [5.74, 6) is 0.966. The molecule has 5 heteroatoms. The second-order valence-electron chi connectivity index (χ2n) is 7.72. The van der Waals surface area contributed by atoms with Crippen molar-refractivity contribution in [3.63, 3.8) is 0 Å². The number of aryl methyl sites for hydroxylation is 1. The summed E-state index contributed by atoms with van der Waals surface area (Å²) >= 11 is 1.53. The third kappa shape index (κ3) is 5.38. The van der Waals surface area contributed by atoms with Gasteiger partial charge in [0, 0.05) is 17.9 Å². The Balaban J connectivity index is 2.15. The van der Waals surface area contributed by atoms with E-state index in [4.69, 9.17) is 4.98 Å². The molecular formula is C22H33N3OS. The molecule has 1 heterocycles. The molecule has 1 aromatic carbocycles. The largest absolute Gasteiger partial charge is 0.325 e. The Morgan fingerprint density at radius 3 is 2.48 bits per heavy atom. The number of imidazole rings is 1. The van der Waals surface area contributed by atoms with Crippen molar-refractivity contribution < 1.29 is 4.79 Å². The minimum absolute atomic E-state index is 0.0187. The van der Waals surface area contributed by atoms with Crippen LogP contribution in [0.15, 0.2) is 29.4 Å². The first kappa shape index (κ1) is 21.5. The second-order valence-corrected chi connectivity index (χ2v) is 9.02. The average Bonchev–Trinajstić information content (AvgIpc) is 2.88. The molecule has 1 N–H and O–H groups in total. The highest BCUT2D eigenvalue weighted by Gasteiger charge is 2.21. The number of para-hydroxylation sites is 1. The summed E-state index contributed by atoms with van der Waals surface area (Å²) in [7, 11) is 0. The van der Waals surface area contributed by atoms with Crippen molar-refractivity contribution in [3.05, 3.63) is 41.2 Å². The summed E-state index contributed by atoms with van der Waals surface area (Å²) in [5.41, 5.74) is 4.33. The van der Waals surface area contributed by atoms with Gasteiger partial charge in [0.1, 0.15) is 0 Å². The molecule has 0 radical (unpaired) electrons. The highest BCUT2D eigenvalue weighted by Crippen LogP contribution is 2.29. The van der Waals surface area contributed by atoms with Crippen molar-refractivity contribution in [2.75, 3.05) is 5.32 Å². The van der Waals surface area contributed by atoms with Gasteiger partial charge in [-0.15, -0.1) is 0 Å². The van der Waals surface area contributed by atoms with Crippen molar-refractivity contribution in [3.8, 4) is 0 Å². The zero-order chi connectivity index (χ0) is 20.1. The Hall–Kier alpha value is -1.75. The summed E-state index contributed by atoms with van der Waals surface area (Å²) < 4.78 is 2.24. The van der Waals surface area contributed by atoms with Gasteiger partial charge in [-0.2, -0.15) is 0 Å². The van der Waals surface area contributed by atoms with E-state index in [-0.39, 0.29) is 11.2 Å². The van der Waals surface area contributed by atoms with Gasteiger partial charge >= 0.3 is 0 Å². The first-order valence-corrected chi connectivity index (χ1v) is 10.7. The van der Waals surface area contributed by atoms with E-state index in [2.05, 4.69) is 50.6 Å². The normalized spacial score (nSPS) is 13.6. The smallest absolute Gasteiger partial charge is 0.237 e. The van der Waals surface area contributed by atoms with Crippen molar-refractivity contribution in [2.24, 2.45) is 5.92 Å².